The summed E-state index contributed by atoms with van der Waals surface area (Å²) < 4.78 is 14.5. The molecule has 1 amide bonds. The molecule has 2 unspecified atom stereocenters. The van der Waals surface area contributed by atoms with Crippen LogP contribution in [-0.4, -0.2) is 244 Å². The fourth-order valence-electron chi connectivity index (χ4n) is 8.83. The number of fused-ring (bicyclic) bond motifs is 1. The van der Waals surface area contributed by atoms with E-state index in [-0.39, 0.29) is 5.91 Å². The highest BCUT2D eigenvalue weighted by Crippen LogP contribution is 2.44. The third-order valence-electron chi connectivity index (χ3n) is 14.0. The molecule has 0 spiro atoms. The first-order valence-corrected chi connectivity index (χ1v) is 30.2. The summed E-state index contributed by atoms with van der Waals surface area (Å²) in [5, 5.41) is 12.3. The molecule has 7 heterocycles. The molecule has 0 aromatic rings. The molecule has 0 bridgehead atoms. The third-order valence-corrected chi connectivity index (χ3v) is 14.0. The van der Waals surface area contributed by atoms with E-state index in [1.165, 1.54) is 182 Å². The van der Waals surface area contributed by atoms with Crippen LogP contribution in [0.25, 0.3) is 0 Å². The van der Waals surface area contributed by atoms with E-state index in [9.17, 15) is 4.79 Å². The Morgan fingerprint density at radius 1 is 0.554 bits per heavy atom. The molecular formula is C60H134N10O4. The monoisotopic (exact) mass is 1060 g/mol. The summed E-state index contributed by atoms with van der Waals surface area (Å²) in [7, 11) is 23.8. The first kappa shape index (κ1) is 77.2. The van der Waals surface area contributed by atoms with Gasteiger partial charge in [-0.2, -0.15) is 0 Å². The number of amides is 1. The molecule has 7 saturated heterocycles. The number of piperidine rings is 3. The Morgan fingerprint density at radius 3 is 1.12 bits per heavy atom. The van der Waals surface area contributed by atoms with Crippen LogP contribution in [-0.2, 0) is 19.0 Å². The topological polar surface area (TPSA) is 112 Å². The quantitative estimate of drug-likeness (QED) is 0.217. The lowest BCUT2D eigenvalue weighted by Gasteiger charge is -2.21. The van der Waals surface area contributed by atoms with Gasteiger partial charge in [-0.05, 0) is 203 Å². The molecule has 14 heteroatoms. The minimum Gasteiger partial charge on any atom is -0.388 e. The number of morpholine rings is 1. The molecule has 0 aromatic carbocycles. The SMILES string of the molecule is CC(C)C.CCC1CCNCC1.CCC1CCOCC1.CN(C)C.CN1CC2CC2C1.CN1CCCC1.CN1CCCCC1.CN1CCNCC1.CN1CCOCC1.CNC(C)=O.CNC1CCCCC1.COC. The molecule has 448 valence electrons. The van der Waals surface area contributed by atoms with Gasteiger partial charge in [0.25, 0.3) is 0 Å². The van der Waals surface area contributed by atoms with E-state index in [1.807, 2.05) is 26.0 Å². The van der Waals surface area contributed by atoms with Crippen LogP contribution < -0.4 is 21.3 Å². The fourth-order valence-corrected chi connectivity index (χ4v) is 8.83. The van der Waals surface area contributed by atoms with Crippen molar-refractivity contribution in [2.45, 2.75) is 157 Å². The zero-order chi connectivity index (χ0) is 56.2. The highest BCUT2D eigenvalue weighted by molar-refractivity contribution is 5.72. The average Bonchev–Trinajstić information content (AvgIpc) is 3.71. The lowest BCUT2D eigenvalue weighted by molar-refractivity contribution is -0.118. The summed E-state index contributed by atoms with van der Waals surface area (Å²) in [6.45, 7) is 33.8. The second-order valence-corrected chi connectivity index (χ2v) is 23.3. The van der Waals surface area contributed by atoms with Gasteiger partial charge in [0.15, 0.2) is 0 Å². The van der Waals surface area contributed by atoms with Gasteiger partial charge in [0.1, 0.15) is 0 Å². The number of carbonyl (C=O) groups is 1. The van der Waals surface area contributed by atoms with Crippen LogP contribution >= 0.6 is 0 Å². The van der Waals surface area contributed by atoms with Gasteiger partial charge in [-0.25, -0.2) is 0 Å². The van der Waals surface area contributed by atoms with Crippen molar-refractivity contribution in [3.8, 4) is 0 Å². The number of hydrogen-bond acceptors (Lipinski definition) is 13. The molecule has 74 heavy (non-hydrogen) atoms. The van der Waals surface area contributed by atoms with Crippen molar-refractivity contribution in [1.82, 2.24) is 50.7 Å². The fraction of sp³-hybridized carbons (Fsp3) is 0.983. The van der Waals surface area contributed by atoms with Crippen molar-refractivity contribution < 1.29 is 19.0 Å². The largest absolute Gasteiger partial charge is 0.388 e. The highest BCUT2D eigenvalue weighted by atomic mass is 16.5. The molecule has 14 nitrogen and oxygen atoms in total. The number of hydrogen-bond donors (Lipinski definition) is 4. The van der Waals surface area contributed by atoms with E-state index in [1.54, 1.807) is 21.3 Å². The number of ether oxygens (including phenoxy) is 3. The maximum Gasteiger partial charge on any atom is 0.216 e. The lowest BCUT2D eigenvalue weighted by Crippen LogP contribution is -2.40. The van der Waals surface area contributed by atoms with Crippen LogP contribution in [0.5, 0.6) is 0 Å². The number of nitrogens with zero attached hydrogens (tertiary/aromatic N) is 6. The van der Waals surface area contributed by atoms with Crippen molar-refractivity contribution in [3.05, 3.63) is 0 Å². The summed E-state index contributed by atoms with van der Waals surface area (Å²) in [5.41, 5.74) is 0. The molecule has 2 aliphatic carbocycles. The minimum absolute atomic E-state index is 0.00463. The van der Waals surface area contributed by atoms with Gasteiger partial charge in [0, 0.05) is 99.8 Å². The number of rotatable bonds is 3. The van der Waals surface area contributed by atoms with Crippen LogP contribution in [0, 0.1) is 29.6 Å². The molecule has 9 fully saturated rings. The maximum absolute atomic E-state index is 9.70. The molecule has 7 aliphatic heterocycles. The summed E-state index contributed by atoms with van der Waals surface area (Å²) in [5.74, 6) is 5.06. The van der Waals surface area contributed by atoms with E-state index >= 15 is 0 Å². The van der Waals surface area contributed by atoms with Crippen molar-refractivity contribution in [2.24, 2.45) is 29.6 Å². The van der Waals surface area contributed by atoms with E-state index in [2.05, 4.69) is 127 Å². The molecule has 4 N–H and O–H groups in total. The van der Waals surface area contributed by atoms with Crippen LogP contribution in [0.4, 0.5) is 0 Å². The van der Waals surface area contributed by atoms with Gasteiger partial charge in [-0.3, -0.25) is 4.79 Å². The zero-order valence-corrected chi connectivity index (χ0v) is 53.0. The van der Waals surface area contributed by atoms with Gasteiger partial charge < -0.3 is 64.9 Å². The Kier molecular flexibility index (Phi) is 59.2. The molecule has 9 aliphatic rings. The van der Waals surface area contributed by atoms with Crippen LogP contribution in [0.15, 0.2) is 0 Å². The predicted octanol–water partition coefficient (Wildman–Crippen LogP) is 8.46. The first-order chi connectivity index (χ1) is 35.4. The predicted molar refractivity (Wildman–Crippen MR) is 324 cm³/mol. The standard InChI is InChI=1S/2C7H15N.C7H14O.C6H11N.C6H13N.C5H12N2.C5H11NO.C5H11N.C4H10.C3H7NO.C3H9N.C2H6O/c1-8-7-5-3-2-4-6-7;2*1-2-7-3-5-8-6-4-7;1-7-3-5-2-6(5)4-7;1-7-5-3-2-4-6-7;1-7-4-2-6-3-5-7;1-6-2-4-7-5-3-6;1-6-4-2-3-5-6;1-4(2)3;1-3(5)4-2;1-4(2)3;1-3-2/h2*7-8H,2-6H2,1H3;7H,2-6H2,1H3;5-6H,2-4H2,1H3;2-6H2,1H3;6H,2-5H2,1H3;2-5H2,1H3;2-5H2,1H3;4H,1-3H3;1-2H3,(H,4,5);1-3H3;1-2H3. The summed E-state index contributed by atoms with van der Waals surface area (Å²) in [6.07, 6.45) is 23.8. The Hall–Kier alpha value is -1.01. The Bertz CT molecular complexity index is 985. The Morgan fingerprint density at radius 2 is 0.892 bits per heavy atom. The van der Waals surface area contributed by atoms with Crippen molar-refractivity contribution in [3.63, 3.8) is 0 Å². The normalized spacial score (nSPS) is 23.2. The Balaban J connectivity index is -0.000000750. The average molecular weight is 1060 g/mol. The van der Waals surface area contributed by atoms with E-state index in [0.29, 0.717) is 0 Å². The second-order valence-electron chi connectivity index (χ2n) is 23.3. The van der Waals surface area contributed by atoms with Gasteiger partial charge in [0.2, 0.25) is 5.91 Å². The van der Waals surface area contributed by atoms with Gasteiger partial charge >= 0.3 is 0 Å². The van der Waals surface area contributed by atoms with E-state index in [4.69, 9.17) is 9.47 Å². The van der Waals surface area contributed by atoms with Crippen molar-refractivity contribution in [2.75, 3.05) is 203 Å². The van der Waals surface area contributed by atoms with Gasteiger partial charge in [-0.15, -0.1) is 0 Å². The number of methoxy groups -OCH3 is 1. The first-order valence-electron chi connectivity index (χ1n) is 30.2. The minimum atomic E-state index is 0.00463. The number of likely N-dealkylation sites (tertiary alicyclic amines) is 3. The molecule has 0 radical (unpaired) electrons. The number of piperazine rings is 1. The molecular weight excluding hydrogens is 925 g/mol. The number of likely N-dealkylation sites (N-methyl/N-ethyl adjacent to an activating group) is 2. The summed E-state index contributed by atoms with van der Waals surface area (Å²) in [4.78, 5) is 23.5. The third kappa shape index (κ3) is 60.2. The molecule has 2 atom stereocenters. The second kappa shape index (κ2) is 56.7. The lowest BCUT2D eigenvalue weighted by atomic mass is 9.96. The summed E-state index contributed by atoms with van der Waals surface area (Å²) in [6, 6.07) is 0.837. The van der Waals surface area contributed by atoms with E-state index < -0.39 is 0 Å². The maximum atomic E-state index is 9.70. The van der Waals surface area contributed by atoms with Crippen molar-refractivity contribution >= 4 is 5.91 Å². The smallest absolute Gasteiger partial charge is 0.216 e. The molecule has 9 rings (SSSR count). The van der Waals surface area contributed by atoms with Crippen LogP contribution in [0.3, 0.4) is 0 Å². The zero-order valence-electron chi connectivity index (χ0n) is 53.0. The summed E-state index contributed by atoms with van der Waals surface area (Å²) >= 11 is 0. The highest BCUT2D eigenvalue weighted by Gasteiger charge is 2.43. The number of carbonyl (C=O) groups excluding carboxylic acids is 1. The van der Waals surface area contributed by atoms with Crippen molar-refractivity contribution in [1.29, 1.82) is 0 Å². The van der Waals surface area contributed by atoms with Crippen LogP contribution in [0.2, 0.25) is 0 Å². The van der Waals surface area contributed by atoms with Gasteiger partial charge in [-0.1, -0.05) is 73.1 Å². The molecule has 0 aromatic heterocycles. The van der Waals surface area contributed by atoms with Gasteiger partial charge in [0.05, 0.1) is 13.2 Å². The number of nitrogens with one attached hydrogen (secondary N) is 4. The molecule has 2 saturated carbocycles. The van der Waals surface area contributed by atoms with Crippen LogP contribution in [0.1, 0.15) is 151 Å². The Labute approximate surface area is 463 Å². The van der Waals surface area contributed by atoms with E-state index in [0.717, 1.165) is 88.2 Å².